The number of sulfonamides is 1. The van der Waals surface area contributed by atoms with E-state index in [-0.39, 0.29) is 11.4 Å². The van der Waals surface area contributed by atoms with Crippen molar-refractivity contribution in [2.75, 3.05) is 11.4 Å². The summed E-state index contributed by atoms with van der Waals surface area (Å²) >= 11 is 0. The summed E-state index contributed by atoms with van der Waals surface area (Å²) in [6, 6.07) is 23.3. The molecule has 7 heteroatoms. The van der Waals surface area contributed by atoms with E-state index in [9.17, 15) is 8.42 Å². The number of anilines is 1. The summed E-state index contributed by atoms with van der Waals surface area (Å²) in [7, 11) is -2.38. The fourth-order valence-electron chi connectivity index (χ4n) is 3.39. The molecule has 0 atom stereocenters. The number of para-hydroxylation sites is 2. The Morgan fingerprint density at radius 1 is 0.906 bits per heavy atom. The maximum absolute atomic E-state index is 13.7. The average Bonchev–Trinajstić information content (AvgIpc) is 3.18. The van der Waals surface area contributed by atoms with Gasteiger partial charge in [0.1, 0.15) is 17.2 Å². The van der Waals surface area contributed by atoms with Gasteiger partial charge in [-0.3, -0.25) is 4.31 Å². The van der Waals surface area contributed by atoms with Crippen LogP contribution in [-0.2, 0) is 16.6 Å². The van der Waals surface area contributed by atoms with Crippen molar-refractivity contribution in [2.45, 2.75) is 25.3 Å². The van der Waals surface area contributed by atoms with Crippen molar-refractivity contribution in [3.8, 4) is 17.2 Å². The summed E-state index contributed by atoms with van der Waals surface area (Å²) in [5.41, 5.74) is 2.77. The monoisotopic (exact) mass is 448 g/mol. The van der Waals surface area contributed by atoms with Crippen LogP contribution in [0.2, 0.25) is 0 Å². The molecule has 0 aliphatic rings. The van der Waals surface area contributed by atoms with E-state index in [0.717, 1.165) is 11.1 Å². The highest BCUT2D eigenvalue weighted by molar-refractivity contribution is 7.92. The lowest BCUT2D eigenvalue weighted by Gasteiger charge is -2.25. The summed E-state index contributed by atoms with van der Waals surface area (Å²) in [4.78, 5) is 4.80. The van der Waals surface area contributed by atoms with Crippen molar-refractivity contribution >= 4 is 15.7 Å². The molecular formula is C25H24N2O4S. The van der Waals surface area contributed by atoms with Gasteiger partial charge in [0.05, 0.1) is 24.2 Å². The van der Waals surface area contributed by atoms with Gasteiger partial charge in [0, 0.05) is 5.56 Å². The number of aryl methyl sites for hydroxylation is 2. The zero-order valence-corrected chi connectivity index (χ0v) is 19.0. The lowest BCUT2D eigenvalue weighted by molar-refractivity contribution is 0.415. The Hall–Kier alpha value is -3.58. The van der Waals surface area contributed by atoms with Crippen LogP contribution in [0, 0.1) is 13.8 Å². The Morgan fingerprint density at radius 3 is 2.25 bits per heavy atom. The molecule has 0 unspecified atom stereocenters. The van der Waals surface area contributed by atoms with Gasteiger partial charge >= 0.3 is 0 Å². The molecule has 1 heterocycles. The molecule has 0 aliphatic heterocycles. The maximum Gasteiger partial charge on any atom is 0.264 e. The fraction of sp³-hybridized carbons (Fsp3) is 0.160. The number of aromatic nitrogens is 1. The Morgan fingerprint density at radius 2 is 1.56 bits per heavy atom. The van der Waals surface area contributed by atoms with E-state index in [1.165, 1.54) is 11.4 Å². The van der Waals surface area contributed by atoms with Crippen molar-refractivity contribution in [2.24, 2.45) is 0 Å². The lowest BCUT2D eigenvalue weighted by atomic mass is 10.2. The second-order valence-corrected chi connectivity index (χ2v) is 9.25. The Kier molecular flexibility index (Phi) is 6.01. The van der Waals surface area contributed by atoms with Crippen LogP contribution in [0.5, 0.6) is 5.75 Å². The van der Waals surface area contributed by atoms with Gasteiger partial charge in [-0.1, -0.05) is 48.0 Å². The van der Waals surface area contributed by atoms with Gasteiger partial charge in [0.2, 0.25) is 5.89 Å². The maximum atomic E-state index is 13.7. The molecule has 0 amide bonds. The number of hydrogen-bond donors (Lipinski definition) is 0. The molecular weight excluding hydrogens is 424 g/mol. The first kappa shape index (κ1) is 21.6. The Labute approximate surface area is 188 Å². The molecule has 0 N–H and O–H groups in total. The van der Waals surface area contributed by atoms with E-state index in [2.05, 4.69) is 4.98 Å². The van der Waals surface area contributed by atoms with Crippen LogP contribution in [0.25, 0.3) is 11.5 Å². The smallest absolute Gasteiger partial charge is 0.264 e. The average molecular weight is 449 g/mol. The lowest BCUT2D eigenvalue weighted by Crippen LogP contribution is -2.31. The van der Waals surface area contributed by atoms with Gasteiger partial charge in [-0.05, 0) is 50.2 Å². The van der Waals surface area contributed by atoms with Gasteiger partial charge in [-0.2, -0.15) is 0 Å². The predicted octanol–water partition coefficient (Wildman–Crippen LogP) is 5.36. The molecule has 0 fully saturated rings. The molecule has 0 spiro atoms. The van der Waals surface area contributed by atoms with E-state index in [4.69, 9.17) is 9.15 Å². The van der Waals surface area contributed by atoms with Crippen LogP contribution >= 0.6 is 0 Å². The number of ether oxygens (including phenoxy) is 1. The third-order valence-corrected chi connectivity index (χ3v) is 6.94. The first-order valence-electron chi connectivity index (χ1n) is 10.1. The number of hydrogen-bond acceptors (Lipinski definition) is 5. The normalized spacial score (nSPS) is 11.3. The minimum absolute atomic E-state index is 0.00124. The highest BCUT2D eigenvalue weighted by Gasteiger charge is 2.29. The number of oxazole rings is 1. The first-order valence-corrected chi connectivity index (χ1v) is 11.6. The molecule has 1 aromatic heterocycles. The second-order valence-electron chi connectivity index (χ2n) is 7.38. The highest BCUT2D eigenvalue weighted by atomic mass is 32.2. The minimum atomic E-state index is -3.90. The molecule has 0 aliphatic carbocycles. The van der Waals surface area contributed by atoms with Crippen molar-refractivity contribution in [3.05, 3.63) is 95.9 Å². The van der Waals surface area contributed by atoms with E-state index in [1.54, 1.807) is 55.5 Å². The number of benzene rings is 3. The highest BCUT2D eigenvalue weighted by Crippen LogP contribution is 2.34. The molecule has 4 rings (SSSR count). The van der Waals surface area contributed by atoms with Crippen molar-refractivity contribution in [3.63, 3.8) is 0 Å². The topological polar surface area (TPSA) is 72.6 Å². The van der Waals surface area contributed by atoms with E-state index in [1.807, 2.05) is 37.3 Å². The van der Waals surface area contributed by atoms with Crippen LogP contribution in [0.15, 0.2) is 88.2 Å². The third kappa shape index (κ3) is 4.24. The van der Waals surface area contributed by atoms with Gasteiger partial charge < -0.3 is 9.15 Å². The third-order valence-electron chi connectivity index (χ3n) is 5.17. The van der Waals surface area contributed by atoms with Crippen LogP contribution in [0.4, 0.5) is 5.69 Å². The first-order chi connectivity index (χ1) is 15.4. The van der Waals surface area contributed by atoms with Gasteiger partial charge in [0.15, 0.2) is 0 Å². The van der Waals surface area contributed by atoms with Crippen molar-refractivity contribution in [1.82, 2.24) is 4.98 Å². The molecule has 0 saturated heterocycles. The molecule has 164 valence electrons. The Balaban J connectivity index is 1.81. The van der Waals surface area contributed by atoms with Crippen molar-refractivity contribution < 1.29 is 17.6 Å². The van der Waals surface area contributed by atoms with Gasteiger partial charge in [-0.25, -0.2) is 13.4 Å². The predicted molar refractivity (Wildman–Crippen MR) is 124 cm³/mol. The van der Waals surface area contributed by atoms with Gasteiger partial charge in [0.25, 0.3) is 10.0 Å². The molecule has 0 saturated carbocycles. The van der Waals surface area contributed by atoms with E-state index < -0.39 is 10.0 Å². The van der Waals surface area contributed by atoms with Crippen LogP contribution in [-0.4, -0.2) is 20.5 Å². The SMILES string of the molecule is COc1ccccc1N(Cc1nc(-c2ccccc2)oc1C)S(=O)(=O)c1ccc(C)cc1. The van der Waals surface area contributed by atoms with Crippen molar-refractivity contribution in [1.29, 1.82) is 0 Å². The van der Waals surface area contributed by atoms with E-state index >= 15 is 0 Å². The minimum Gasteiger partial charge on any atom is -0.495 e. The summed E-state index contributed by atoms with van der Waals surface area (Å²) in [6.07, 6.45) is 0. The summed E-state index contributed by atoms with van der Waals surface area (Å²) in [6.45, 7) is 3.70. The largest absolute Gasteiger partial charge is 0.495 e. The number of methoxy groups -OCH3 is 1. The molecule has 0 bridgehead atoms. The van der Waals surface area contributed by atoms with Crippen LogP contribution in [0.3, 0.4) is 0 Å². The van der Waals surface area contributed by atoms with Crippen LogP contribution in [0.1, 0.15) is 17.0 Å². The van der Waals surface area contributed by atoms with Crippen LogP contribution < -0.4 is 9.04 Å². The van der Waals surface area contributed by atoms with Gasteiger partial charge in [-0.15, -0.1) is 0 Å². The Bertz CT molecular complexity index is 1310. The zero-order chi connectivity index (χ0) is 22.7. The quantitative estimate of drug-likeness (QED) is 0.380. The molecule has 4 aromatic rings. The summed E-state index contributed by atoms with van der Waals surface area (Å²) in [5, 5.41) is 0. The molecule has 6 nitrogen and oxygen atoms in total. The molecule has 0 radical (unpaired) electrons. The van der Waals surface area contributed by atoms with E-state index in [0.29, 0.717) is 28.8 Å². The molecule has 3 aromatic carbocycles. The molecule has 32 heavy (non-hydrogen) atoms. The zero-order valence-electron chi connectivity index (χ0n) is 18.1. The second kappa shape index (κ2) is 8.88. The summed E-state index contributed by atoms with van der Waals surface area (Å²) in [5.74, 6) is 1.46. The summed E-state index contributed by atoms with van der Waals surface area (Å²) < 4.78 is 40.1. The number of rotatable bonds is 7. The number of nitrogens with zero attached hydrogens (tertiary/aromatic N) is 2. The standard InChI is InChI=1S/C25H24N2O4S/c1-18-13-15-21(16-14-18)32(28,29)27(23-11-7-8-12-24(23)30-3)17-22-19(2)31-25(26-22)20-9-5-4-6-10-20/h4-16H,17H2,1-3H3. The fourth-order valence-corrected chi connectivity index (χ4v) is 4.82.